The summed E-state index contributed by atoms with van der Waals surface area (Å²) in [5.74, 6) is 0.901. The average molecular weight is 273 g/mol. The highest BCUT2D eigenvalue weighted by Crippen LogP contribution is 2.36. The van der Waals surface area contributed by atoms with Crippen LogP contribution in [0.15, 0.2) is 24.3 Å². The van der Waals surface area contributed by atoms with Crippen molar-refractivity contribution >= 4 is 0 Å². The van der Waals surface area contributed by atoms with Gasteiger partial charge < -0.3 is 5.11 Å². The maximum atomic E-state index is 10.5. The van der Waals surface area contributed by atoms with Crippen molar-refractivity contribution in [3.63, 3.8) is 0 Å². The van der Waals surface area contributed by atoms with E-state index in [-0.39, 0.29) is 6.10 Å². The predicted molar refractivity (Wildman–Crippen MR) is 82.7 cm³/mol. The summed E-state index contributed by atoms with van der Waals surface area (Å²) in [6.07, 6.45) is 7.60. The number of aryl methyl sites for hydroxylation is 1. The first kappa shape index (κ1) is 14.1. The third kappa shape index (κ3) is 2.91. The summed E-state index contributed by atoms with van der Waals surface area (Å²) in [7, 11) is 0. The van der Waals surface area contributed by atoms with E-state index in [1.807, 2.05) is 0 Å². The Balaban J connectivity index is 1.61. The fourth-order valence-electron chi connectivity index (χ4n) is 4.03. The van der Waals surface area contributed by atoms with Crippen LogP contribution in [-0.2, 0) is 6.42 Å². The first-order valence-electron chi connectivity index (χ1n) is 8.29. The Kier molecular flexibility index (Phi) is 4.42. The van der Waals surface area contributed by atoms with Gasteiger partial charge in [0.15, 0.2) is 0 Å². The minimum absolute atomic E-state index is 0.332. The molecule has 1 aliphatic carbocycles. The van der Waals surface area contributed by atoms with Crippen molar-refractivity contribution in [1.29, 1.82) is 0 Å². The van der Waals surface area contributed by atoms with E-state index in [0.717, 1.165) is 30.5 Å². The van der Waals surface area contributed by atoms with Crippen molar-refractivity contribution in [1.82, 2.24) is 4.90 Å². The minimum atomic E-state index is -0.332. The van der Waals surface area contributed by atoms with Crippen LogP contribution in [0.25, 0.3) is 0 Å². The van der Waals surface area contributed by atoms with Gasteiger partial charge in [-0.3, -0.25) is 4.90 Å². The molecule has 3 atom stereocenters. The summed E-state index contributed by atoms with van der Waals surface area (Å²) >= 11 is 0. The highest BCUT2D eigenvalue weighted by atomic mass is 16.3. The number of fused-ring (bicyclic) bond motifs is 1. The molecule has 1 aromatic rings. The van der Waals surface area contributed by atoms with E-state index in [1.165, 1.54) is 44.2 Å². The van der Waals surface area contributed by atoms with Crippen LogP contribution in [-0.4, -0.2) is 29.1 Å². The van der Waals surface area contributed by atoms with E-state index in [9.17, 15) is 5.11 Å². The number of β-amino-alcohol motifs (C(OH)–C–C–N with tert-alkyl or cyclic N) is 1. The number of hydrogen-bond donors (Lipinski definition) is 1. The van der Waals surface area contributed by atoms with Crippen molar-refractivity contribution in [3.05, 3.63) is 35.4 Å². The van der Waals surface area contributed by atoms with Crippen LogP contribution in [0, 0.1) is 5.92 Å². The second-order valence-electron chi connectivity index (χ2n) is 6.51. The summed E-state index contributed by atoms with van der Waals surface area (Å²) in [5, 5.41) is 10.5. The molecule has 0 spiro atoms. The highest BCUT2D eigenvalue weighted by Gasteiger charge is 2.36. The molecular weight excluding hydrogens is 246 g/mol. The third-order valence-electron chi connectivity index (χ3n) is 5.31. The Labute approximate surface area is 122 Å². The fraction of sp³-hybridized carbons (Fsp3) is 0.667. The van der Waals surface area contributed by atoms with Crippen molar-refractivity contribution in [3.8, 4) is 0 Å². The minimum Gasteiger partial charge on any atom is -0.387 e. The molecular formula is C18H27NO. The number of likely N-dealkylation sites (tertiary alicyclic amines) is 1. The lowest BCUT2D eigenvalue weighted by molar-refractivity contribution is 0.0893. The molecule has 2 heteroatoms. The fourth-order valence-corrected chi connectivity index (χ4v) is 4.03. The van der Waals surface area contributed by atoms with Gasteiger partial charge in [0, 0.05) is 12.6 Å². The molecule has 2 nitrogen and oxygen atoms in total. The summed E-state index contributed by atoms with van der Waals surface area (Å²) in [5.41, 5.74) is 2.41. The molecule has 2 fully saturated rings. The number of nitrogens with zero attached hydrogens (tertiary/aromatic N) is 1. The number of aliphatic hydroxyl groups excluding tert-OH is 1. The molecule has 1 N–H and O–H groups in total. The zero-order valence-electron chi connectivity index (χ0n) is 12.6. The smallest absolute Gasteiger partial charge is 0.0917 e. The molecule has 110 valence electrons. The van der Waals surface area contributed by atoms with Crippen LogP contribution in [0.5, 0.6) is 0 Å². The summed E-state index contributed by atoms with van der Waals surface area (Å²) in [4.78, 5) is 2.54. The van der Waals surface area contributed by atoms with Gasteiger partial charge in [0.2, 0.25) is 0 Å². The Morgan fingerprint density at radius 3 is 2.65 bits per heavy atom. The zero-order valence-corrected chi connectivity index (χ0v) is 12.6. The molecule has 1 saturated carbocycles. The molecule has 2 aliphatic rings. The van der Waals surface area contributed by atoms with E-state index < -0.39 is 0 Å². The van der Waals surface area contributed by atoms with Crippen molar-refractivity contribution < 1.29 is 5.11 Å². The Bertz CT molecular complexity index is 428. The molecule has 1 aromatic carbocycles. The van der Waals surface area contributed by atoms with Gasteiger partial charge in [-0.15, -0.1) is 0 Å². The monoisotopic (exact) mass is 273 g/mol. The van der Waals surface area contributed by atoms with E-state index in [4.69, 9.17) is 0 Å². The van der Waals surface area contributed by atoms with Crippen LogP contribution in [0.4, 0.5) is 0 Å². The summed E-state index contributed by atoms with van der Waals surface area (Å²) in [6, 6.07) is 9.22. The van der Waals surface area contributed by atoms with Gasteiger partial charge in [-0.05, 0) is 49.3 Å². The van der Waals surface area contributed by atoms with Crippen molar-refractivity contribution in [2.45, 2.75) is 57.6 Å². The first-order valence-corrected chi connectivity index (χ1v) is 8.29. The largest absolute Gasteiger partial charge is 0.387 e. The Morgan fingerprint density at radius 2 is 1.90 bits per heavy atom. The molecule has 1 heterocycles. The van der Waals surface area contributed by atoms with E-state index >= 15 is 0 Å². The Morgan fingerprint density at radius 1 is 1.15 bits per heavy atom. The number of hydrogen-bond acceptors (Lipinski definition) is 2. The van der Waals surface area contributed by atoms with Crippen LogP contribution in [0.1, 0.15) is 56.3 Å². The topological polar surface area (TPSA) is 23.5 Å². The lowest BCUT2D eigenvalue weighted by Crippen LogP contribution is -2.37. The van der Waals surface area contributed by atoms with Crippen LogP contribution in [0.2, 0.25) is 0 Å². The predicted octanol–water partition coefficient (Wildman–Crippen LogP) is 3.55. The van der Waals surface area contributed by atoms with Gasteiger partial charge in [-0.1, -0.05) is 44.0 Å². The molecule has 1 saturated heterocycles. The average Bonchev–Trinajstić information content (AvgIpc) is 2.91. The van der Waals surface area contributed by atoms with Gasteiger partial charge in [-0.25, -0.2) is 0 Å². The van der Waals surface area contributed by atoms with E-state index in [0.29, 0.717) is 0 Å². The second-order valence-corrected chi connectivity index (χ2v) is 6.51. The zero-order chi connectivity index (χ0) is 13.9. The molecule has 0 amide bonds. The molecule has 3 rings (SSSR count). The first-order chi connectivity index (χ1) is 9.78. The van der Waals surface area contributed by atoms with Gasteiger partial charge in [-0.2, -0.15) is 0 Å². The lowest BCUT2D eigenvalue weighted by atomic mass is 9.85. The maximum Gasteiger partial charge on any atom is 0.0917 e. The quantitative estimate of drug-likeness (QED) is 0.907. The lowest BCUT2D eigenvalue weighted by Gasteiger charge is -2.32. The third-order valence-corrected chi connectivity index (χ3v) is 5.31. The molecule has 1 aliphatic heterocycles. The van der Waals surface area contributed by atoms with Gasteiger partial charge in [0.05, 0.1) is 6.10 Å². The Hall–Kier alpha value is -0.860. The molecule has 0 radical (unpaired) electrons. The highest BCUT2D eigenvalue weighted by molar-refractivity contribution is 5.24. The summed E-state index contributed by atoms with van der Waals surface area (Å²) < 4.78 is 0. The number of aliphatic hydroxyl groups is 1. The van der Waals surface area contributed by atoms with Gasteiger partial charge in [0.1, 0.15) is 0 Å². The van der Waals surface area contributed by atoms with Gasteiger partial charge >= 0.3 is 0 Å². The van der Waals surface area contributed by atoms with E-state index in [2.05, 4.69) is 36.1 Å². The SMILES string of the molecule is CCc1ccc(C(O)CN2CCC3CCCCC32)cc1. The van der Waals surface area contributed by atoms with Crippen LogP contribution < -0.4 is 0 Å². The molecule has 20 heavy (non-hydrogen) atoms. The molecule has 0 aromatic heterocycles. The standard InChI is InChI=1S/C18H27NO/c1-2-14-7-9-16(10-8-14)18(20)13-19-12-11-15-5-3-4-6-17(15)19/h7-10,15,17-18,20H,2-6,11-13H2,1H3. The van der Waals surface area contributed by atoms with Gasteiger partial charge in [0.25, 0.3) is 0 Å². The number of benzene rings is 1. The molecule has 3 unspecified atom stereocenters. The summed E-state index contributed by atoms with van der Waals surface area (Å²) in [6.45, 7) is 4.16. The van der Waals surface area contributed by atoms with E-state index in [1.54, 1.807) is 0 Å². The van der Waals surface area contributed by atoms with Crippen LogP contribution in [0.3, 0.4) is 0 Å². The van der Waals surface area contributed by atoms with Crippen molar-refractivity contribution in [2.24, 2.45) is 5.92 Å². The van der Waals surface area contributed by atoms with Crippen molar-refractivity contribution in [2.75, 3.05) is 13.1 Å². The normalized spacial score (nSPS) is 28.3. The van der Waals surface area contributed by atoms with Crippen LogP contribution >= 0.6 is 0 Å². The second kappa shape index (κ2) is 6.28. The molecule has 0 bridgehead atoms. The number of rotatable bonds is 4. The maximum absolute atomic E-state index is 10.5.